The van der Waals surface area contributed by atoms with Gasteiger partial charge >= 0.3 is 0 Å². The van der Waals surface area contributed by atoms with Crippen LogP contribution in [0.3, 0.4) is 0 Å². The first kappa shape index (κ1) is 14.9. The summed E-state index contributed by atoms with van der Waals surface area (Å²) >= 11 is 0. The molecule has 4 heteroatoms. The van der Waals surface area contributed by atoms with Gasteiger partial charge in [0.1, 0.15) is 5.75 Å². The quantitative estimate of drug-likeness (QED) is 0.887. The van der Waals surface area contributed by atoms with E-state index in [1.54, 1.807) is 6.07 Å². The van der Waals surface area contributed by atoms with E-state index in [9.17, 15) is 9.90 Å². The highest BCUT2D eigenvalue weighted by molar-refractivity contribution is 5.78. The summed E-state index contributed by atoms with van der Waals surface area (Å²) in [5, 5.41) is 13.1. The predicted octanol–water partition coefficient (Wildman–Crippen LogP) is 2.36. The zero-order chi connectivity index (χ0) is 14.5. The van der Waals surface area contributed by atoms with Gasteiger partial charge in [0.05, 0.1) is 6.54 Å². The number of phenols is 1. The second-order valence-corrected chi connectivity index (χ2v) is 5.61. The lowest BCUT2D eigenvalue weighted by Gasteiger charge is -2.27. The molecule has 1 unspecified atom stereocenters. The van der Waals surface area contributed by atoms with E-state index in [2.05, 4.69) is 5.32 Å². The molecule has 0 bridgehead atoms. The van der Waals surface area contributed by atoms with E-state index in [-0.39, 0.29) is 17.7 Å². The lowest BCUT2D eigenvalue weighted by molar-refractivity contribution is -0.131. The van der Waals surface area contributed by atoms with Crippen LogP contribution in [0.5, 0.6) is 5.75 Å². The van der Waals surface area contributed by atoms with Gasteiger partial charge in [-0.2, -0.15) is 0 Å². The number of aromatic hydroxyl groups is 1. The molecule has 1 atom stereocenters. The number of nitrogens with one attached hydrogen (secondary N) is 1. The van der Waals surface area contributed by atoms with Crippen LogP contribution in [0.25, 0.3) is 0 Å². The van der Waals surface area contributed by atoms with Crippen molar-refractivity contribution in [1.29, 1.82) is 0 Å². The number of benzene rings is 1. The standard InChI is InChI=1S/C16H24N2O2/c1-12-6-7-14(15(19)10-12)13(2)17-11-16(20)18-8-4-3-5-9-18/h6-7,10,13,17,19H,3-5,8-9,11H2,1-2H3. The smallest absolute Gasteiger partial charge is 0.236 e. The fourth-order valence-corrected chi connectivity index (χ4v) is 2.63. The Labute approximate surface area is 120 Å². The zero-order valence-electron chi connectivity index (χ0n) is 12.4. The SMILES string of the molecule is Cc1ccc(C(C)NCC(=O)N2CCCCC2)c(O)c1. The van der Waals surface area contributed by atoms with Crippen LogP contribution in [0.1, 0.15) is 43.4 Å². The molecule has 0 saturated carbocycles. The molecule has 110 valence electrons. The highest BCUT2D eigenvalue weighted by Crippen LogP contribution is 2.24. The second kappa shape index (κ2) is 6.75. The maximum atomic E-state index is 12.1. The largest absolute Gasteiger partial charge is 0.508 e. The van der Waals surface area contributed by atoms with Gasteiger partial charge in [0, 0.05) is 24.7 Å². The lowest BCUT2D eigenvalue weighted by atomic mass is 10.0. The topological polar surface area (TPSA) is 52.6 Å². The monoisotopic (exact) mass is 276 g/mol. The number of nitrogens with zero attached hydrogens (tertiary/aromatic N) is 1. The van der Waals surface area contributed by atoms with Gasteiger partial charge in [-0.05, 0) is 44.7 Å². The first-order chi connectivity index (χ1) is 9.58. The molecule has 1 saturated heterocycles. The molecule has 1 aliphatic rings. The van der Waals surface area contributed by atoms with Crippen molar-refractivity contribution in [1.82, 2.24) is 10.2 Å². The fourth-order valence-electron chi connectivity index (χ4n) is 2.63. The summed E-state index contributed by atoms with van der Waals surface area (Å²) in [7, 11) is 0. The third-order valence-electron chi connectivity index (χ3n) is 3.92. The van der Waals surface area contributed by atoms with Gasteiger partial charge in [-0.15, -0.1) is 0 Å². The van der Waals surface area contributed by atoms with Gasteiger partial charge in [0.15, 0.2) is 0 Å². The van der Waals surface area contributed by atoms with Crippen molar-refractivity contribution < 1.29 is 9.90 Å². The number of carbonyl (C=O) groups is 1. The minimum Gasteiger partial charge on any atom is -0.508 e. The molecule has 0 radical (unpaired) electrons. The van der Waals surface area contributed by atoms with Crippen LogP contribution >= 0.6 is 0 Å². The van der Waals surface area contributed by atoms with Gasteiger partial charge < -0.3 is 15.3 Å². The Kier molecular flexibility index (Phi) is 5.01. The van der Waals surface area contributed by atoms with Crippen LogP contribution in [0.15, 0.2) is 18.2 Å². The molecule has 1 amide bonds. The Morgan fingerprint density at radius 2 is 2.05 bits per heavy atom. The van der Waals surface area contributed by atoms with Crippen molar-refractivity contribution in [2.45, 2.75) is 39.2 Å². The molecule has 20 heavy (non-hydrogen) atoms. The first-order valence-corrected chi connectivity index (χ1v) is 7.38. The van der Waals surface area contributed by atoms with Crippen LogP contribution < -0.4 is 5.32 Å². The Morgan fingerprint density at radius 3 is 2.70 bits per heavy atom. The number of phenolic OH excluding ortho intramolecular Hbond substituents is 1. The number of likely N-dealkylation sites (tertiary alicyclic amines) is 1. The Morgan fingerprint density at radius 1 is 1.35 bits per heavy atom. The number of rotatable bonds is 4. The average Bonchev–Trinajstić information content (AvgIpc) is 2.45. The van der Waals surface area contributed by atoms with Gasteiger partial charge in [-0.1, -0.05) is 12.1 Å². The van der Waals surface area contributed by atoms with Crippen LogP contribution in [-0.4, -0.2) is 35.5 Å². The van der Waals surface area contributed by atoms with Crippen molar-refractivity contribution in [3.8, 4) is 5.75 Å². The van der Waals surface area contributed by atoms with Crippen molar-refractivity contribution in [3.05, 3.63) is 29.3 Å². The van der Waals surface area contributed by atoms with Gasteiger partial charge in [0.25, 0.3) is 0 Å². The fraction of sp³-hybridized carbons (Fsp3) is 0.562. The first-order valence-electron chi connectivity index (χ1n) is 7.38. The number of hydrogen-bond acceptors (Lipinski definition) is 3. The maximum absolute atomic E-state index is 12.1. The molecule has 1 fully saturated rings. The Balaban J connectivity index is 1.87. The third kappa shape index (κ3) is 3.73. The molecule has 2 N–H and O–H groups in total. The van der Waals surface area contributed by atoms with E-state index in [0.29, 0.717) is 6.54 Å². The number of aryl methyl sites for hydroxylation is 1. The summed E-state index contributed by atoms with van der Waals surface area (Å²) in [6.45, 7) is 6.00. The van der Waals surface area contributed by atoms with Crippen molar-refractivity contribution in [2.24, 2.45) is 0 Å². The summed E-state index contributed by atoms with van der Waals surface area (Å²) in [6, 6.07) is 5.59. The van der Waals surface area contributed by atoms with Crippen LogP contribution in [-0.2, 0) is 4.79 Å². The maximum Gasteiger partial charge on any atom is 0.236 e. The summed E-state index contributed by atoms with van der Waals surface area (Å²) in [5.41, 5.74) is 1.87. The molecule has 1 aromatic rings. The Hall–Kier alpha value is -1.55. The van der Waals surface area contributed by atoms with E-state index in [4.69, 9.17) is 0 Å². The van der Waals surface area contributed by atoms with Crippen LogP contribution in [0, 0.1) is 6.92 Å². The van der Waals surface area contributed by atoms with E-state index in [1.807, 2.05) is 30.9 Å². The number of amides is 1. The zero-order valence-corrected chi connectivity index (χ0v) is 12.4. The summed E-state index contributed by atoms with van der Waals surface area (Å²) in [5.74, 6) is 0.443. The van der Waals surface area contributed by atoms with E-state index in [0.717, 1.165) is 37.1 Å². The number of piperidine rings is 1. The second-order valence-electron chi connectivity index (χ2n) is 5.61. The molecule has 0 spiro atoms. The molecule has 1 heterocycles. The van der Waals surface area contributed by atoms with E-state index >= 15 is 0 Å². The molecular weight excluding hydrogens is 252 g/mol. The van der Waals surface area contributed by atoms with Crippen molar-refractivity contribution >= 4 is 5.91 Å². The van der Waals surface area contributed by atoms with Gasteiger partial charge in [-0.25, -0.2) is 0 Å². The van der Waals surface area contributed by atoms with Gasteiger partial charge in [0.2, 0.25) is 5.91 Å². The number of carbonyl (C=O) groups excluding carboxylic acids is 1. The molecule has 0 aromatic heterocycles. The van der Waals surface area contributed by atoms with Gasteiger partial charge in [-0.3, -0.25) is 4.79 Å². The minimum atomic E-state index is -0.0376. The average molecular weight is 276 g/mol. The molecule has 1 aromatic carbocycles. The molecular formula is C16H24N2O2. The number of hydrogen-bond donors (Lipinski definition) is 2. The predicted molar refractivity (Wildman–Crippen MR) is 79.7 cm³/mol. The summed E-state index contributed by atoms with van der Waals surface area (Å²) in [6.07, 6.45) is 3.45. The van der Waals surface area contributed by atoms with Crippen molar-refractivity contribution in [3.63, 3.8) is 0 Å². The van der Waals surface area contributed by atoms with Crippen LogP contribution in [0.4, 0.5) is 0 Å². The summed E-state index contributed by atoms with van der Waals surface area (Å²) in [4.78, 5) is 14.0. The molecule has 4 nitrogen and oxygen atoms in total. The van der Waals surface area contributed by atoms with Crippen LogP contribution in [0.2, 0.25) is 0 Å². The Bertz CT molecular complexity index is 468. The molecule has 2 rings (SSSR count). The lowest BCUT2D eigenvalue weighted by Crippen LogP contribution is -2.41. The van der Waals surface area contributed by atoms with E-state index in [1.165, 1.54) is 6.42 Å². The normalized spacial score (nSPS) is 17.0. The third-order valence-corrected chi connectivity index (χ3v) is 3.92. The van der Waals surface area contributed by atoms with E-state index < -0.39 is 0 Å². The van der Waals surface area contributed by atoms with Crippen molar-refractivity contribution in [2.75, 3.05) is 19.6 Å². The highest BCUT2D eigenvalue weighted by Gasteiger charge is 2.17. The summed E-state index contributed by atoms with van der Waals surface area (Å²) < 4.78 is 0. The molecule has 1 aliphatic heterocycles. The molecule has 0 aliphatic carbocycles. The highest BCUT2D eigenvalue weighted by atomic mass is 16.3. The minimum absolute atomic E-state index is 0.0376.